The highest BCUT2D eigenvalue weighted by molar-refractivity contribution is 6.10. The van der Waals surface area contributed by atoms with Crippen molar-refractivity contribution in [3.8, 4) is 50.2 Å². The molecule has 0 saturated carbocycles. The summed E-state index contributed by atoms with van der Waals surface area (Å²) >= 11 is 0. The van der Waals surface area contributed by atoms with Crippen molar-refractivity contribution < 1.29 is 4.42 Å². The Kier molecular flexibility index (Phi) is 7.42. The molecule has 8 aromatic carbocycles. The van der Waals surface area contributed by atoms with Crippen molar-refractivity contribution in [2.24, 2.45) is 0 Å². The van der Waals surface area contributed by atoms with Gasteiger partial charge in [-0.05, 0) is 139 Å². The van der Waals surface area contributed by atoms with Gasteiger partial charge in [0, 0.05) is 27.2 Å². The predicted molar refractivity (Wildman–Crippen MR) is 229 cm³/mol. The lowest BCUT2D eigenvalue weighted by molar-refractivity contribution is 0.669. The third kappa shape index (κ3) is 5.50. The molecule has 2 heteroatoms. The summed E-state index contributed by atoms with van der Waals surface area (Å²) in [4.78, 5) is 0. The van der Waals surface area contributed by atoms with Crippen LogP contribution in [0.25, 0.3) is 93.9 Å². The SMILES string of the molecule is Cc1cc(C)cc(-c2cc(-c3cc(C)cc(C)c3)cc(-c3cc(-c4ccc5oc6ccccc6c5c4)cc(-n4c5ccccc5c5ccccc54)c3)c2)c1. The van der Waals surface area contributed by atoms with Crippen LogP contribution < -0.4 is 0 Å². The van der Waals surface area contributed by atoms with Gasteiger partial charge in [-0.25, -0.2) is 0 Å². The molecule has 0 saturated heterocycles. The number of rotatable bonds is 5. The first-order valence-electron chi connectivity index (χ1n) is 18.7. The number of benzene rings is 8. The fourth-order valence-corrected chi connectivity index (χ4v) is 8.59. The smallest absolute Gasteiger partial charge is 0.135 e. The molecule has 258 valence electrons. The van der Waals surface area contributed by atoms with E-state index in [0.717, 1.165) is 38.8 Å². The third-order valence-electron chi connectivity index (χ3n) is 10.8. The van der Waals surface area contributed by atoms with E-state index in [0.29, 0.717) is 0 Å². The Morgan fingerprint density at radius 1 is 0.315 bits per heavy atom. The van der Waals surface area contributed by atoms with Crippen LogP contribution in [-0.4, -0.2) is 4.57 Å². The second-order valence-corrected chi connectivity index (χ2v) is 15.0. The average molecular weight is 694 g/mol. The largest absolute Gasteiger partial charge is 0.456 e. The summed E-state index contributed by atoms with van der Waals surface area (Å²) in [6, 6.07) is 60.4. The fourth-order valence-electron chi connectivity index (χ4n) is 8.59. The van der Waals surface area contributed by atoms with Crippen molar-refractivity contribution in [1.29, 1.82) is 0 Å². The lowest BCUT2D eigenvalue weighted by atomic mass is 9.90. The Bertz CT molecular complexity index is 2930. The predicted octanol–water partition coefficient (Wildman–Crippen LogP) is 14.6. The van der Waals surface area contributed by atoms with E-state index in [-0.39, 0.29) is 0 Å². The molecule has 2 heterocycles. The van der Waals surface area contributed by atoms with Crippen molar-refractivity contribution in [3.63, 3.8) is 0 Å². The van der Waals surface area contributed by atoms with E-state index >= 15 is 0 Å². The second kappa shape index (κ2) is 12.5. The van der Waals surface area contributed by atoms with Gasteiger partial charge in [0.15, 0.2) is 0 Å². The van der Waals surface area contributed by atoms with Gasteiger partial charge in [0.05, 0.1) is 11.0 Å². The summed E-state index contributed by atoms with van der Waals surface area (Å²) < 4.78 is 8.69. The van der Waals surface area contributed by atoms with Gasteiger partial charge in [-0.2, -0.15) is 0 Å². The molecule has 2 aromatic heterocycles. The summed E-state index contributed by atoms with van der Waals surface area (Å²) in [6.07, 6.45) is 0. The van der Waals surface area contributed by atoms with Crippen molar-refractivity contribution in [2.45, 2.75) is 27.7 Å². The van der Waals surface area contributed by atoms with Crippen molar-refractivity contribution in [2.75, 3.05) is 0 Å². The van der Waals surface area contributed by atoms with Crippen molar-refractivity contribution in [1.82, 2.24) is 4.57 Å². The van der Waals surface area contributed by atoms with Crippen LogP contribution in [-0.2, 0) is 0 Å². The minimum atomic E-state index is 0.901. The van der Waals surface area contributed by atoms with Gasteiger partial charge in [0.2, 0.25) is 0 Å². The van der Waals surface area contributed by atoms with E-state index in [1.165, 1.54) is 77.4 Å². The normalized spacial score (nSPS) is 11.7. The van der Waals surface area contributed by atoms with E-state index in [1.54, 1.807) is 0 Å². The second-order valence-electron chi connectivity index (χ2n) is 15.0. The van der Waals surface area contributed by atoms with E-state index in [2.05, 4.69) is 184 Å². The molecule has 10 rings (SSSR count). The van der Waals surface area contributed by atoms with Crippen LogP contribution in [0, 0.1) is 27.7 Å². The quantitative estimate of drug-likeness (QED) is 0.175. The summed E-state index contributed by atoms with van der Waals surface area (Å²) in [5, 5.41) is 4.76. The van der Waals surface area contributed by atoms with Crippen LogP contribution >= 0.6 is 0 Å². The molecule has 0 aliphatic rings. The topological polar surface area (TPSA) is 18.1 Å². The number of fused-ring (bicyclic) bond motifs is 6. The van der Waals surface area contributed by atoms with Gasteiger partial charge < -0.3 is 8.98 Å². The van der Waals surface area contributed by atoms with Gasteiger partial charge in [0.25, 0.3) is 0 Å². The van der Waals surface area contributed by atoms with E-state index in [4.69, 9.17) is 4.42 Å². The maximum atomic E-state index is 6.26. The molecule has 0 spiro atoms. The highest BCUT2D eigenvalue weighted by atomic mass is 16.3. The molecule has 0 unspecified atom stereocenters. The molecule has 0 radical (unpaired) electrons. The molecule has 0 fully saturated rings. The Morgan fingerprint density at radius 2 is 0.722 bits per heavy atom. The summed E-state index contributed by atoms with van der Waals surface area (Å²) in [7, 11) is 0. The van der Waals surface area contributed by atoms with Crippen LogP contribution in [0.15, 0.2) is 168 Å². The number of hydrogen-bond donors (Lipinski definition) is 0. The highest BCUT2D eigenvalue weighted by Gasteiger charge is 2.17. The first kappa shape index (κ1) is 32.0. The average Bonchev–Trinajstić information content (AvgIpc) is 3.72. The lowest BCUT2D eigenvalue weighted by Gasteiger charge is -2.17. The zero-order valence-electron chi connectivity index (χ0n) is 30.9. The highest BCUT2D eigenvalue weighted by Crippen LogP contribution is 2.40. The van der Waals surface area contributed by atoms with E-state index in [9.17, 15) is 0 Å². The molecule has 0 amide bonds. The maximum absolute atomic E-state index is 6.26. The van der Waals surface area contributed by atoms with Crippen molar-refractivity contribution in [3.05, 3.63) is 186 Å². The number of aromatic nitrogens is 1. The molecule has 0 aliphatic carbocycles. The summed E-state index contributed by atoms with van der Waals surface area (Å²) in [5.74, 6) is 0. The zero-order chi connectivity index (χ0) is 36.5. The Labute approximate surface area is 315 Å². The number of para-hydroxylation sites is 3. The zero-order valence-corrected chi connectivity index (χ0v) is 30.9. The lowest BCUT2D eigenvalue weighted by Crippen LogP contribution is -1.96. The van der Waals surface area contributed by atoms with E-state index in [1.807, 2.05) is 12.1 Å². The number of nitrogens with zero attached hydrogens (tertiary/aromatic N) is 1. The summed E-state index contributed by atoms with van der Waals surface area (Å²) in [5.41, 5.74) is 19.9. The van der Waals surface area contributed by atoms with E-state index < -0.39 is 0 Å². The standard InChI is InChI=1S/C52H39NO/c1-32-19-33(2)22-37(21-32)39-25-40(38-23-34(3)20-35(4)24-38)27-41(26-39)43-28-42(36-17-18-52-48(31-36)47-13-7-10-16-51(47)54-52)29-44(30-43)53-49-14-8-5-11-45(49)46-12-6-9-15-50(46)53/h5-31H,1-4H3. The molecular formula is C52H39NO. The summed E-state index contributed by atoms with van der Waals surface area (Å²) in [6.45, 7) is 8.75. The Morgan fingerprint density at radius 3 is 1.26 bits per heavy atom. The molecule has 0 aliphatic heterocycles. The number of aryl methyl sites for hydroxylation is 4. The van der Waals surface area contributed by atoms with Crippen LogP contribution in [0.5, 0.6) is 0 Å². The minimum absolute atomic E-state index is 0.901. The van der Waals surface area contributed by atoms with Crippen LogP contribution in [0.4, 0.5) is 0 Å². The molecule has 0 bridgehead atoms. The molecule has 54 heavy (non-hydrogen) atoms. The van der Waals surface area contributed by atoms with Crippen LogP contribution in [0.2, 0.25) is 0 Å². The first-order valence-corrected chi connectivity index (χ1v) is 18.7. The molecular weight excluding hydrogens is 655 g/mol. The van der Waals surface area contributed by atoms with Crippen LogP contribution in [0.1, 0.15) is 22.3 Å². The Balaban J connectivity index is 1.27. The van der Waals surface area contributed by atoms with Crippen LogP contribution in [0.3, 0.4) is 0 Å². The Hall–Kier alpha value is -6.64. The molecule has 0 atom stereocenters. The third-order valence-corrected chi connectivity index (χ3v) is 10.8. The molecule has 10 aromatic rings. The van der Waals surface area contributed by atoms with Gasteiger partial charge in [-0.1, -0.05) is 119 Å². The minimum Gasteiger partial charge on any atom is -0.456 e. The van der Waals surface area contributed by atoms with Gasteiger partial charge in [0.1, 0.15) is 11.2 Å². The van der Waals surface area contributed by atoms with Gasteiger partial charge in [-0.15, -0.1) is 0 Å². The van der Waals surface area contributed by atoms with Gasteiger partial charge in [-0.3, -0.25) is 0 Å². The molecule has 0 N–H and O–H groups in total. The van der Waals surface area contributed by atoms with Gasteiger partial charge >= 0.3 is 0 Å². The number of hydrogen-bond acceptors (Lipinski definition) is 1. The monoisotopic (exact) mass is 693 g/mol. The first-order chi connectivity index (χ1) is 26.3. The maximum Gasteiger partial charge on any atom is 0.135 e. The van der Waals surface area contributed by atoms with Crippen molar-refractivity contribution >= 4 is 43.7 Å². The number of furan rings is 1. The molecule has 2 nitrogen and oxygen atoms in total. The fraction of sp³-hybridized carbons (Fsp3) is 0.0769.